The number of hydrogen-bond acceptors (Lipinski definition) is 4. The molecule has 1 heterocycles. The Hall–Kier alpha value is -2.20. The minimum Gasteiger partial charge on any atom is -0.506 e. The maximum Gasteiger partial charge on any atom is 0.170 e. The van der Waals surface area contributed by atoms with Gasteiger partial charge in [-0.05, 0) is 35.9 Å². The van der Waals surface area contributed by atoms with Crippen LogP contribution in [0.3, 0.4) is 0 Å². The molecule has 3 rings (SSSR count). The number of carbonyl (C=O) groups is 1. The summed E-state index contributed by atoms with van der Waals surface area (Å²) in [7, 11) is 1.55. The summed E-state index contributed by atoms with van der Waals surface area (Å²) in [6.07, 6.45) is -0.183. The molecule has 21 heavy (non-hydrogen) atoms. The van der Waals surface area contributed by atoms with E-state index in [2.05, 4.69) is 0 Å². The highest BCUT2D eigenvalue weighted by atomic mass is 35.5. The summed E-state index contributed by atoms with van der Waals surface area (Å²) < 4.78 is 11.0. The Kier molecular flexibility index (Phi) is 3.47. The van der Waals surface area contributed by atoms with Crippen LogP contribution in [-0.2, 0) is 0 Å². The van der Waals surface area contributed by atoms with Crippen molar-refractivity contribution in [1.82, 2.24) is 0 Å². The zero-order valence-electron chi connectivity index (χ0n) is 11.3. The highest BCUT2D eigenvalue weighted by Gasteiger charge is 2.28. The fourth-order valence-electron chi connectivity index (χ4n) is 2.34. The van der Waals surface area contributed by atoms with Gasteiger partial charge in [0.1, 0.15) is 23.4 Å². The molecule has 1 aliphatic rings. The molecule has 0 radical (unpaired) electrons. The summed E-state index contributed by atoms with van der Waals surface area (Å²) in [5.41, 5.74) is 1.28. The lowest BCUT2D eigenvalue weighted by Crippen LogP contribution is -2.20. The molecular weight excluding hydrogens is 292 g/mol. The van der Waals surface area contributed by atoms with Gasteiger partial charge in [-0.2, -0.15) is 0 Å². The Bertz CT molecular complexity index is 711. The Morgan fingerprint density at radius 3 is 2.81 bits per heavy atom. The van der Waals surface area contributed by atoms with Gasteiger partial charge in [0.2, 0.25) is 0 Å². The summed E-state index contributed by atoms with van der Waals surface area (Å²) in [5.74, 6) is 1.15. The van der Waals surface area contributed by atoms with Crippen molar-refractivity contribution < 1.29 is 19.4 Å². The van der Waals surface area contributed by atoms with Crippen molar-refractivity contribution in [2.75, 3.05) is 7.11 Å². The zero-order valence-corrected chi connectivity index (χ0v) is 12.1. The molecule has 1 aliphatic heterocycles. The number of phenols is 1. The first-order valence-corrected chi connectivity index (χ1v) is 6.82. The topological polar surface area (TPSA) is 55.8 Å². The number of phenolic OH excluding ortho intramolecular Hbond substituents is 1. The highest BCUT2D eigenvalue weighted by Crippen LogP contribution is 2.38. The van der Waals surface area contributed by atoms with Gasteiger partial charge >= 0.3 is 0 Å². The third-order valence-corrected chi connectivity index (χ3v) is 3.77. The van der Waals surface area contributed by atoms with Crippen LogP contribution < -0.4 is 9.47 Å². The van der Waals surface area contributed by atoms with E-state index < -0.39 is 6.10 Å². The third kappa shape index (κ3) is 2.54. The van der Waals surface area contributed by atoms with Crippen LogP contribution in [0.2, 0.25) is 5.02 Å². The average Bonchev–Trinajstić information content (AvgIpc) is 2.49. The van der Waals surface area contributed by atoms with E-state index in [-0.39, 0.29) is 23.0 Å². The number of Topliss-reactive ketones (excluding diaryl/α,β-unsaturated/α-hetero) is 1. The van der Waals surface area contributed by atoms with E-state index in [1.807, 2.05) is 0 Å². The number of methoxy groups -OCH3 is 1. The van der Waals surface area contributed by atoms with Crippen molar-refractivity contribution in [2.45, 2.75) is 12.5 Å². The molecule has 0 saturated carbocycles. The second-order valence-corrected chi connectivity index (χ2v) is 5.21. The minimum absolute atomic E-state index is 0.00712. The predicted molar refractivity (Wildman–Crippen MR) is 78.4 cm³/mol. The lowest BCUT2D eigenvalue weighted by Gasteiger charge is -2.26. The Morgan fingerprint density at radius 2 is 2.10 bits per heavy atom. The van der Waals surface area contributed by atoms with Crippen LogP contribution >= 0.6 is 11.6 Å². The molecule has 5 heteroatoms. The fourth-order valence-corrected chi connectivity index (χ4v) is 2.53. The van der Waals surface area contributed by atoms with E-state index in [0.717, 1.165) is 5.56 Å². The smallest absolute Gasteiger partial charge is 0.170 e. The second kappa shape index (κ2) is 5.30. The molecule has 1 unspecified atom stereocenters. The molecule has 0 spiro atoms. The van der Waals surface area contributed by atoms with E-state index in [0.29, 0.717) is 17.1 Å². The molecule has 2 aromatic rings. The Morgan fingerprint density at radius 1 is 1.29 bits per heavy atom. The number of fused-ring (bicyclic) bond motifs is 1. The number of ketones is 1. The van der Waals surface area contributed by atoms with Crippen LogP contribution in [0.25, 0.3) is 0 Å². The molecule has 4 nitrogen and oxygen atoms in total. The van der Waals surface area contributed by atoms with E-state index in [1.165, 1.54) is 6.07 Å². The molecule has 1 N–H and O–H groups in total. The van der Waals surface area contributed by atoms with Crippen molar-refractivity contribution in [3.05, 3.63) is 52.5 Å². The number of benzene rings is 2. The largest absolute Gasteiger partial charge is 0.506 e. The Balaban J connectivity index is 1.94. The highest BCUT2D eigenvalue weighted by molar-refractivity contribution is 6.32. The van der Waals surface area contributed by atoms with Crippen LogP contribution in [0.1, 0.15) is 28.4 Å². The average molecular weight is 305 g/mol. The molecular formula is C16H13ClO4. The van der Waals surface area contributed by atoms with Gasteiger partial charge in [0.15, 0.2) is 5.78 Å². The third-order valence-electron chi connectivity index (χ3n) is 3.47. The number of carbonyl (C=O) groups excluding carboxylic acids is 1. The van der Waals surface area contributed by atoms with Crippen molar-refractivity contribution in [3.63, 3.8) is 0 Å². The zero-order chi connectivity index (χ0) is 15.0. The van der Waals surface area contributed by atoms with Gasteiger partial charge in [-0.15, -0.1) is 0 Å². The predicted octanol–water partition coefficient (Wildman–Crippen LogP) is 3.76. The molecule has 0 aromatic heterocycles. The summed E-state index contributed by atoms with van der Waals surface area (Å²) in [5, 5.41) is 9.70. The van der Waals surface area contributed by atoms with E-state index in [4.69, 9.17) is 21.1 Å². The lowest BCUT2D eigenvalue weighted by atomic mass is 9.96. The van der Waals surface area contributed by atoms with Gasteiger partial charge in [-0.3, -0.25) is 4.79 Å². The quantitative estimate of drug-likeness (QED) is 0.918. The second-order valence-electron chi connectivity index (χ2n) is 4.81. The molecule has 108 valence electrons. The fraction of sp³-hybridized carbons (Fsp3) is 0.188. The maximum absolute atomic E-state index is 12.3. The van der Waals surface area contributed by atoms with Gasteiger partial charge < -0.3 is 14.6 Å². The van der Waals surface area contributed by atoms with Gasteiger partial charge in [0.05, 0.1) is 24.1 Å². The maximum atomic E-state index is 12.3. The molecule has 2 aromatic carbocycles. The minimum atomic E-state index is -0.406. The summed E-state index contributed by atoms with van der Waals surface area (Å²) in [4.78, 5) is 12.3. The van der Waals surface area contributed by atoms with Crippen LogP contribution in [-0.4, -0.2) is 18.0 Å². The van der Waals surface area contributed by atoms with Crippen molar-refractivity contribution in [3.8, 4) is 17.2 Å². The lowest BCUT2D eigenvalue weighted by molar-refractivity contribution is 0.0849. The first kappa shape index (κ1) is 13.8. The van der Waals surface area contributed by atoms with Gasteiger partial charge in [0, 0.05) is 0 Å². The van der Waals surface area contributed by atoms with Crippen molar-refractivity contribution >= 4 is 17.4 Å². The van der Waals surface area contributed by atoms with Gasteiger partial charge in [0.25, 0.3) is 0 Å². The van der Waals surface area contributed by atoms with Crippen LogP contribution in [0.5, 0.6) is 17.2 Å². The Labute approximate surface area is 126 Å². The molecule has 0 amide bonds. The van der Waals surface area contributed by atoms with Crippen LogP contribution in [0, 0.1) is 0 Å². The van der Waals surface area contributed by atoms with Crippen molar-refractivity contribution in [2.24, 2.45) is 0 Å². The summed E-state index contributed by atoms with van der Waals surface area (Å²) >= 11 is 5.90. The first-order valence-electron chi connectivity index (χ1n) is 6.45. The standard InChI is InChI=1S/C16H13ClO4/c1-20-10-3-5-15-11(7-10)14(19)8-16(21-15)9-2-4-13(18)12(17)6-9/h2-7,16,18H,8H2,1H3. The SMILES string of the molecule is COc1ccc2c(c1)C(=O)CC(c1ccc(O)c(Cl)c1)O2. The molecule has 0 saturated heterocycles. The molecule has 0 fully saturated rings. The van der Waals surface area contributed by atoms with E-state index in [9.17, 15) is 9.90 Å². The van der Waals surface area contributed by atoms with Crippen LogP contribution in [0.15, 0.2) is 36.4 Å². The summed E-state index contributed by atoms with van der Waals surface area (Å²) in [6, 6.07) is 9.96. The van der Waals surface area contributed by atoms with Crippen LogP contribution in [0.4, 0.5) is 0 Å². The number of hydrogen-bond donors (Lipinski definition) is 1. The monoisotopic (exact) mass is 304 g/mol. The number of ether oxygens (including phenoxy) is 2. The number of halogens is 1. The number of rotatable bonds is 2. The van der Waals surface area contributed by atoms with Gasteiger partial charge in [-0.1, -0.05) is 17.7 Å². The first-order chi connectivity index (χ1) is 10.1. The van der Waals surface area contributed by atoms with Gasteiger partial charge in [-0.25, -0.2) is 0 Å². The van der Waals surface area contributed by atoms with E-state index in [1.54, 1.807) is 37.4 Å². The summed E-state index contributed by atoms with van der Waals surface area (Å²) in [6.45, 7) is 0. The normalized spacial score (nSPS) is 17.0. The number of aromatic hydroxyl groups is 1. The van der Waals surface area contributed by atoms with E-state index >= 15 is 0 Å². The van der Waals surface area contributed by atoms with Crippen molar-refractivity contribution in [1.29, 1.82) is 0 Å². The molecule has 0 aliphatic carbocycles. The molecule has 0 bridgehead atoms. The molecule has 1 atom stereocenters.